The Morgan fingerprint density at radius 3 is 1.09 bits per heavy atom. The summed E-state index contributed by atoms with van der Waals surface area (Å²) in [6, 6.07) is 109. The molecule has 0 bridgehead atoms. The van der Waals surface area contributed by atoms with Crippen molar-refractivity contribution in [2.24, 2.45) is 0 Å². The highest BCUT2D eigenvalue weighted by Gasteiger charge is 2.45. The van der Waals surface area contributed by atoms with Gasteiger partial charge in [0.1, 0.15) is 0 Å². The number of hydrogen-bond donors (Lipinski definition) is 0. The van der Waals surface area contributed by atoms with Gasteiger partial charge in [0, 0.05) is 98.4 Å². The minimum atomic E-state index is -0.0563. The largest absolute Gasteiger partial charge is 0.310 e. The summed E-state index contributed by atoms with van der Waals surface area (Å²) in [5.41, 5.74) is 33.9. The highest BCUT2D eigenvalue weighted by Crippen LogP contribution is 2.48. The van der Waals surface area contributed by atoms with Gasteiger partial charge in [0.25, 0.3) is 13.4 Å². The van der Waals surface area contributed by atoms with Gasteiger partial charge in [-0.05, 0) is 122 Å². The van der Waals surface area contributed by atoms with E-state index in [1.165, 1.54) is 198 Å². The summed E-state index contributed by atoms with van der Waals surface area (Å²) in [5, 5.41) is 12.7. The van der Waals surface area contributed by atoms with Gasteiger partial charge in [-0.1, -0.05) is 218 Å². The molecule has 0 unspecified atom stereocenters. The van der Waals surface area contributed by atoms with E-state index in [0.29, 0.717) is 0 Å². The van der Waals surface area contributed by atoms with Crippen LogP contribution in [0, 0.1) is 0 Å². The van der Waals surface area contributed by atoms with E-state index in [2.05, 4.69) is 308 Å². The quantitative estimate of drug-likeness (QED) is 0.157. The van der Waals surface area contributed by atoms with Crippen molar-refractivity contribution < 1.29 is 0 Å². The van der Waals surface area contributed by atoms with Gasteiger partial charge in [-0.3, -0.25) is 0 Å². The van der Waals surface area contributed by atoms with E-state index in [-0.39, 0.29) is 13.4 Å². The molecule has 14 aromatic carbocycles. The van der Waals surface area contributed by atoms with Crippen molar-refractivity contribution in [1.29, 1.82) is 0 Å². The molecule has 0 saturated heterocycles. The lowest BCUT2D eigenvalue weighted by atomic mass is 9.34. The molecule has 0 spiro atoms. The van der Waals surface area contributed by atoms with Crippen LogP contribution in [0.15, 0.2) is 285 Å². The van der Waals surface area contributed by atoms with Gasteiger partial charge in [0.2, 0.25) is 0 Å². The summed E-state index contributed by atoms with van der Waals surface area (Å²) in [6.07, 6.45) is 0. The van der Waals surface area contributed by atoms with Crippen LogP contribution in [0.1, 0.15) is 0 Å². The zero-order chi connectivity index (χ0) is 58.6. The van der Waals surface area contributed by atoms with E-state index in [9.17, 15) is 0 Å². The van der Waals surface area contributed by atoms with E-state index in [1.807, 2.05) is 0 Å². The van der Waals surface area contributed by atoms with Crippen molar-refractivity contribution in [3.05, 3.63) is 285 Å². The van der Waals surface area contributed by atoms with Crippen molar-refractivity contribution in [2.45, 2.75) is 0 Å². The van der Waals surface area contributed by atoms with Crippen LogP contribution >= 0.6 is 0 Å². The molecule has 0 saturated carbocycles. The lowest BCUT2D eigenvalue weighted by Gasteiger charge is -2.36. The minimum absolute atomic E-state index is 0.0195. The summed E-state index contributed by atoms with van der Waals surface area (Å²) in [7, 11) is 0. The molecule has 0 radical (unpaired) electrons. The maximum absolute atomic E-state index is 2.65. The molecule has 5 nitrogen and oxygen atoms in total. The van der Waals surface area contributed by atoms with E-state index >= 15 is 0 Å². The predicted octanol–water partition coefficient (Wildman–Crippen LogP) is 16.5. The minimum Gasteiger partial charge on any atom is -0.310 e. The van der Waals surface area contributed by atoms with Crippen LogP contribution in [-0.2, 0) is 0 Å². The van der Waals surface area contributed by atoms with Gasteiger partial charge in [-0.25, -0.2) is 0 Å². The molecule has 414 valence electrons. The summed E-state index contributed by atoms with van der Waals surface area (Å²) in [6.45, 7) is -0.0758. The standard InChI is InChI=1S/C84H47B2N5/c1-2-20-48(21-3-1)62-47-63(84-78-83(62)90-73-40-14-7-27-56(73)60-31-18-34-66(80(60)90)85(78)67-35-19-32-61-57-28-8-15-41-74(57)91(84)81(61)67)50-23-16-22-49(42-50)51-43-64-58-29-9-13-39-72(58)89-76-46-52(87-69-36-10-4-24-53(69)54-25-5-11-37-70(54)87)45-75-77(76)86(68(44-51)82(64)89)65-33-17-30-59-55-26-6-12-38-71(55)88(75)79(59)65/h1-47H. The first-order chi connectivity index (χ1) is 45.2. The molecular weight excluding hydrogens is 1100 g/mol. The summed E-state index contributed by atoms with van der Waals surface area (Å²) < 4.78 is 13.0. The predicted molar refractivity (Wildman–Crippen MR) is 384 cm³/mol. The zero-order valence-corrected chi connectivity index (χ0v) is 49.0. The first-order valence-electron chi connectivity index (χ1n) is 31.9. The number of fused-ring (bicyclic) bond motifs is 23. The third-order valence-electron chi connectivity index (χ3n) is 21.6. The number of aromatic nitrogens is 5. The van der Waals surface area contributed by atoms with Gasteiger partial charge >= 0.3 is 0 Å². The second-order valence-electron chi connectivity index (χ2n) is 25.8. The SMILES string of the molecule is c1ccc(-c2cc(-c3cccc(-c4cc5c6c(c4)c4ccccc4n6-c4cc(-n6c7ccccc7c7ccccc76)cc6c4B5c4cccc5c7ccccc7n-6c45)c3)c3c4c2-n2c5ccccc5c5cccc(c52)B4c2cccc4c5ccccc5n-3c24)cc1. The van der Waals surface area contributed by atoms with Crippen LogP contribution in [0.2, 0.25) is 0 Å². The number of benzene rings is 14. The van der Waals surface area contributed by atoms with Crippen molar-refractivity contribution in [2.75, 3.05) is 0 Å². The molecule has 0 fully saturated rings. The third-order valence-corrected chi connectivity index (χ3v) is 21.6. The van der Waals surface area contributed by atoms with Crippen LogP contribution in [0.5, 0.6) is 0 Å². The molecule has 0 amide bonds. The van der Waals surface area contributed by atoms with Gasteiger partial charge < -0.3 is 22.8 Å². The fourth-order valence-electron chi connectivity index (χ4n) is 18.2. The molecule has 9 heterocycles. The highest BCUT2D eigenvalue weighted by molar-refractivity contribution is 7.01. The molecule has 0 atom stereocenters. The topological polar surface area (TPSA) is 24.6 Å². The molecule has 91 heavy (non-hydrogen) atoms. The van der Waals surface area contributed by atoms with E-state index < -0.39 is 0 Å². The molecule has 0 N–H and O–H groups in total. The van der Waals surface area contributed by atoms with Gasteiger partial charge in [-0.15, -0.1) is 0 Å². The van der Waals surface area contributed by atoms with Crippen LogP contribution in [-0.4, -0.2) is 36.3 Å². The first-order valence-corrected chi connectivity index (χ1v) is 31.9. The van der Waals surface area contributed by atoms with Crippen molar-refractivity contribution in [1.82, 2.24) is 22.8 Å². The lowest BCUT2D eigenvalue weighted by Crippen LogP contribution is -2.59. The Morgan fingerprint density at radius 2 is 0.571 bits per heavy atom. The lowest BCUT2D eigenvalue weighted by molar-refractivity contribution is 1.10. The zero-order valence-electron chi connectivity index (χ0n) is 49.0. The smallest absolute Gasteiger partial charge is 0.252 e. The molecule has 0 aliphatic carbocycles. The molecular formula is C84H47B2N5. The van der Waals surface area contributed by atoms with Crippen LogP contribution in [0.3, 0.4) is 0 Å². The van der Waals surface area contributed by atoms with Crippen LogP contribution in [0.4, 0.5) is 0 Å². The number of hydrogen-bond acceptors (Lipinski definition) is 0. The van der Waals surface area contributed by atoms with Crippen LogP contribution in [0.25, 0.3) is 171 Å². The first kappa shape index (κ1) is 47.3. The van der Waals surface area contributed by atoms with Gasteiger partial charge in [-0.2, -0.15) is 0 Å². The average Bonchev–Trinajstić information content (AvgIpc) is 1.61. The number of nitrogens with zero attached hydrogens (tertiary/aromatic N) is 5. The number of para-hydroxylation sites is 9. The van der Waals surface area contributed by atoms with E-state index in [1.54, 1.807) is 0 Å². The number of rotatable bonds is 4. The Morgan fingerprint density at radius 1 is 0.209 bits per heavy atom. The normalized spacial score (nSPS) is 13.2. The molecule has 7 heteroatoms. The van der Waals surface area contributed by atoms with Gasteiger partial charge in [0.05, 0.1) is 50.2 Å². The Hall–Kier alpha value is -11.8. The third kappa shape index (κ3) is 5.70. The molecule has 23 rings (SSSR count). The Kier molecular flexibility index (Phi) is 8.67. The van der Waals surface area contributed by atoms with Crippen molar-refractivity contribution >= 4 is 155 Å². The fourth-order valence-corrected chi connectivity index (χ4v) is 18.2. The summed E-state index contributed by atoms with van der Waals surface area (Å²) in [4.78, 5) is 0. The molecule has 19 aromatic rings. The summed E-state index contributed by atoms with van der Waals surface area (Å²) in [5.74, 6) is 0. The maximum atomic E-state index is 2.65. The Bertz CT molecular complexity index is 6550. The van der Waals surface area contributed by atoms with Crippen LogP contribution < -0.4 is 32.8 Å². The average molecular weight is 1150 g/mol. The maximum Gasteiger partial charge on any atom is 0.252 e. The second kappa shape index (κ2) is 16.7. The fraction of sp³-hybridized carbons (Fsp3) is 0. The molecule has 4 aliphatic heterocycles. The van der Waals surface area contributed by atoms with E-state index in [4.69, 9.17) is 0 Å². The van der Waals surface area contributed by atoms with Gasteiger partial charge in [0.15, 0.2) is 0 Å². The Balaban J connectivity index is 0.820. The van der Waals surface area contributed by atoms with E-state index in [0.717, 1.165) is 5.69 Å². The Labute approximate surface area is 521 Å². The highest BCUT2D eigenvalue weighted by atomic mass is 15.1. The molecule has 4 aliphatic rings. The van der Waals surface area contributed by atoms with Crippen molar-refractivity contribution in [3.8, 4) is 61.8 Å². The monoisotopic (exact) mass is 1150 g/mol. The summed E-state index contributed by atoms with van der Waals surface area (Å²) >= 11 is 0. The van der Waals surface area contributed by atoms with Crippen molar-refractivity contribution in [3.63, 3.8) is 0 Å². The molecule has 5 aromatic heterocycles. The second-order valence-corrected chi connectivity index (χ2v) is 25.8.